The maximum Gasteiger partial charge on any atom is 0.416 e. The fraction of sp³-hybridized carbons (Fsp3) is 0.562. The zero-order valence-corrected chi connectivity index (χ0v) is 26.1. The second-order valence-corrected chi connectivity index (χ2v) is 12.8. The van der Waals surface area contributed by atoms with Crippen molar-refractivity contribution in [1.82, 2.24) is 15.1 Å². The van der Waals surface area contributed by atoms with Gasteiger partial charge in [0, 0.05) is 61.9 Å². The van der Waals surface area contributed by atoms with E-state index < -0.39 is 23.7 Å². The number of carbonyl (C=O) groups excluding carboxylic acids is 2. The maximum absolute atomic E-state index is 13.9. The number of likely N-dealkylation sites (tertiary alicyclic amines) is 1. The number of nitrogens with two attached hydrogens (primary N) is 1. The van der Waals surface area contributed by atoms with Crippen molar-refractivity contribution in [3.63, 3.8) is 0 Å². The molecule has 2 aromatic carbocycles. The molecule has 43 heavy (non-hydrogen) atoms. The van der Waals surface area contributed by atoms with Crippen LogP contribution in [0.5, 0.6) is 0 Å². The summed E-state index contributed by atoms with van der Waals surface area (Å²) in [6.45, 7) is 11.2. The topological polar surface area (TPSA) is 81.9 Å². The van der Waals surface area contributed by atoms with Crippen molar-refractivity contribution >= 4 is 29.1 Å². The fourth-order valence-corrected chi connectivity index (χ4v) is 6.37. The second-order valence-electron chi connectivity index (χ2n) is 12.3. The van der Waals surface area contributed by atoms with Gasteiger partial charge in [0.15, 0.2) is 0 Å². The minimum absolute atomic E-state index is 0.0506. The highest BCUT2D eigenvalue weighted by atomic mass is 35.5. The van der Waals surface area contributed by atoms with Gasteiger partial charge in [-0.25, -0.2) is 0 Å². The van der Waals surface area contributed by atoms with Crippen LogP contribution in [0.2, 0.25) is 5.02 Å². The zero-order valence-electron chi connectivity index (χ0n) is 25.3. The average Bonchev–Trinajstić information content (AvgIpc) is 3.42. The van der Waals surface area contributed by atoms with Crippen molar-refractivity contribution in [1.29, 1.82) is 0 Å². The molecule has 2 aromatic rings. The highest BCUT2D eigenvalue weighted by molar-refractivity contribution is 6.30. The van der Waals surface area contributed by atoms with Gasteiger partial charge < -0.3 is 20.9 Å². The summed E-state index contributed by atoms with van der Waals surface area (Å²) in [5.41, 5.74) is 6.91. The van der Waals surface area contributed by atoms with Crippen LogP contribution in [0.25, 0.3) is 0 Å². The van der Waals surface area contributed by atoms with E-state index in [1.807, 2.05) is 47.9 Å². The SMILES string of the molecule is CC(C)C[C@H](NC(=O)CN)c1cc(C(F)(F)F)ccc1N1CCN(C(=O)C2CN(C(C)C)CC2c2ccc(Cl)cc2)CC1. The van der Waals surface area contributed by atoms with Crippen molar-refractivity contribution in [2.24, 2.45) is 17.6 Å². The summed E-state index contributed by atoms with van der Waals surface area (Å²) < 4.78 is 41.3. The zero-order chi connectivity index (χ0) is 31.5. The summed E-state index contributed by atoms with van der Waals surface area (Å²) in [4.78, 5) is 32.5. The Hall–Kier alpha value is -2.82. The lowest BCUT2D eigenvalue weighted by Crippen LogP contribution is -2.51. The van der Waals surface area contributed by atoms with E-state index in [9.17, 15) is 22.8 Å². The highest BCUT2D eigenvalue weighted by Gasteiger charge is 2.42. The molecule has 2 aliphatic rings. The molecule has 2 aliphatic heterocycles. The summed E-state index contributed by atoms with van der Waals surface area (Å²) in [7, 11) is 0. The molecule has 2 heterocycles. The number of carbonyl (C=O) groups is 2. The quantitative estimate of drug-likeness (QED) is 0.398. The van der Waals surface area contributed by atoms with Crippen LogP contribution in [-0.4, -0.2) is 73.5 Å². The van der Waals surface area contributed by atoms with Gasteiger partial charge in [0.1, 0.15) is 0 Å². The number of rotatable bonds is 9. The predicted octanol–water partition coefficient (Wildman–Crippen LogP) is 5.29. The van der Waals surface area contributed by atoms with Gasteiger partial charge in [0.05, 0.1) is 24.1 Å². The number of nitrogens with one attached hydrogen (secondary N) is 1. The van der Waals surface area contributed by atoms with Crippen molar-refractivity contribution < 1.29 is 22.8 Å². The molecular weight excluding hydrogens is 579 g/mol. The molecule has 0 radical (unpaired) electrons. The van der Waals surface area contributed by atoms with Crippen LogP contribution in [0.15, 0.2) is 42.5 Å². The lowest BCUT2D eigenvalue weighted by atomic mass is 9.88. The van der Waals surface area contributed by atoms with Crippen LogP contribution in [0.3, 0.4) is 0 Å². The monoisotopic (exact) mass is 621 g/mol. The predicted molar refractivity (Wildman–Crippen MR) is 164 cm³/mol. The van der Waals surface area contributed by atoms with Crippen LogP contribution in [0, 0.1) is 11.8 Å². The molecule has 4 rings (SSSR count). The van der Waals surface area contributed by atoms with Crippen LogP contribution in [0.4, 0.5) is 18.9 Å². The van der Waals surface area contributed by atoms with Crippen LogP contribution >= 0.6 is 11.6 Å². The number of halogens is 4. The Kier molecular flexibility index (Phi) is 10.7. The van der Waals surface area contributed by atoms with Crippen molar-refractivity contribution in [3.8, 4) is 0 Å². The van der Waals surface area contributed by atoms with E-state index in [2.05, 4.69) is 24.1 Å². The van der Waals surface area contributed by atoms with Gasteiger partial charge in [-0.3, -0.25) is 14.5 Å². The Morgan fingerprint density at radius 3 is 2.21 bits per heavy atom. The molecule has 2 unspecified atom stereocenters. The van der Waals surface area contributed by atoms with E-state index >= 15 is 0 Å². The van der Waals surface area contributed by atoms with Gasteiger partial charge in [-0.15, -0.1) is 0 Å². The molecule has 0 bridgehead atoms. The summed E-state index contributed by atoms with van der Waals surface area (Å²) in [6, 6.07) is 11.1. The van der Waals surface area contributed by atoms with Gasteiger partial charge in [-0.2, -0.15) is 13.2 Å². The number of benzene rings is 2. The molecule has 0 aliphatic carbocycles. The number of anilines is 1. The van der Waals surface area contributed by atoms with E-state index in [0.29, 0.717) is 61.5 Å². The van der Waals surface area contributed by atoms with Gasteiger partial charge >= 0.3 is 6.18 Å². The number of alkyl halides is 3. The van der Waals surface area contributed by atoms with E-state index in [1.54, 1.807) is 0 Å². The molecule has 3 N–H and O–H groups in total. The lowest BCUT2D eigenvalue weighted by Gasteiger charge is -2.39. The number of nitrogens with zero attached hydrogens (tertiary/aromatic N) is 3. The van der Waals surface area contributed by atoms with Crippen molar-refractivity contribution in [2.45, 2.75) is 58.3 Å². The summed E-state index contributed by atoms with van der Waals surface area (Å²) >= 11 is 6.13. The third-order valence-electron chi connectivity index (χ3n) is 8.58. The van der Waals surface area contributed by atoms with Crippen LogP contribution in [-0.2, 0) is 15.8 Å². The molecule has 0 spiro atoms. The van der Waals surface area contributed by atoms with Gasteiger partial charge in [-0.05, 0) is 67.6 Å². The molecule has 2 saturated heterocycles. The number of hydrogen-bond acceptors (Lipinski definition) is 5. The number of amides is 2. The van der Waals surface area contributed by atoms with E-state index in [4.69, 9.17) is 17.3 Å². The Balaban J connectivity index is 1.56. The van der Waals surface area contributed by atoms with Gasteiger partial charge in [-0.1, -0.05) is 37.6 Å². The highest BCUT2D eigenvalue weighted by Crippen LogP contribution is 2.39. The number of piperazine rings is 1. The van der Waals surface area contributed by atoms with Crippen LogP contribution < -0.4 is 16.0 Å². The molecule has 3 atom stereocenters. The molecule has 7 nitrogen and oxygen atoms in total. The van der Waals surface area contributed by atoms with Crippen molar-refractivity contribution in [3.05, 3.63) is 64.2 Å². The van der Waals surface area contributed by atoms with Crippen molar-refractivity contribution in [2.75, 3.05) is 50.7 Å². The summed E-state index contributed by atoms with van der Waals surface area (Å²) in [6.07, 6.45) is -4.07. The summed E-state index contributed by atoms with van der Waals surface area (Å²) in [5, 5.41) is 3.49. The van der Waals surface area contributed by atoms with E-state index in [-0.39, 0.29) is 30.2 Å². The standard InChI is InChI=1S/C32H43ClF3N5O2/c1-20(2)15-28(38-30(42)17-37)25-16-23(32(34,35)36)7-10-29(25)39-11-13-40(14-12-39)31(43)27-19-41(21(3)4)18-26(27)22-5-8-24(33)9-6-22/h5-10,16,20-21,26-28H,11-15,17-19,37H2,1-4H3,(H,38,42)/t26?,27?,28-/m0/s1. The largest absolute Gasteiger partial charge is 0.416 e. The van der Waals surface area contributed by atoms with Gasteiger partial charge in [0.25, 0.3) is 0 Å². The molecule has 0 aromatic heterocycles. The first kappa shape index (κ1) is 33.1. The Bertz CT molecular complexity index is 1260. The smallest absolute Gasteiger partial charge is 0.368 e. The first-order chi connectivity index (χ1) is 20.3. The summed E-state index contributed by atoms with van der Waals surface area (Å²) in [5.74, 6) is -0.353. The second kappa shape index (κ2) is 13.9. The minimum Gasteiger partial charge on any atom is -0.368 e. The molecule has 2 fully saturated rings. The molecular formula is C32H43ClF3N5O2. The Morgan fingerprint density at radius 1 is 1.00 bits per heavy atom. The molecule has 0 saturated carbocycles. The Labute approximate surface area is 257 Å². The van der Waals surface area contributed by atoms with E-state index in [1.165, 1.54) is 6.07 Å². The third-order valence-corrected chi connectivity index (χ3v) is 8.84. The minimum atomic E-state index is -4.52. The first-order valence-electron chi connectivity index (χ1n) is 15.0. The normalized spacial score (nSPS) is 20.6. The molecule has 236 valence electrons. The number of hydrogen-bond donors (Lipinski definition) is 2. The Morgan fingerprint density at radius 2 is 1.65 bits per heavy atom. The fourth-order valence-electron chi connectivity index (χ4n) is 6.24. The molecule has 11 heteroatoms. The van der Waals surface area contributed by atoms with Gasteiger partial charge in [0.2, 0.25) is 11.8 Å². The average molecular weight is 622 g/mol. The maximum atomic E-state index is 13.9. The van der Waals surface area contributed by atoms with Crippen LogP contribution in [0.1, 0.15) is 62.8 Å². The third kappa shape index (κ3) is 8.02. The van der Waals surface area contributed by atoms with E-state index in [0.717, 1.165) is 24.2 Å². The lowest BCUT2D eigenvalue weighted by molar-refractivity contribution is -0.138. The first-order valence-corrected chi connectivity index (χ1v) is 15.4. The molecule has 2 amide bonds.